The first-order valence-electron chi connectivity index (χ1n) is 8.47. The van der Waals surface area contributed by atoms with Crippen molar-refractivity contribution < 1.29 is 23.1 Å². The fourth-order valence-electron chi connectivity index (χ4n) is 3.01. The number of benzene rings is 2. The van der Waals surface area contributed by atoms with Crippen molar-refractivity contribution in [2.75, 3.05) is 19.5 Å². The summed E-state index contributed by atoms with van der Waals surface area (Å²) in [6.07, 6.45) is 0. The molecule has 2 N–H and O–H groups in total. The van der Waals surface area contributed by atoms with E-state index in [-0.39, 0.29) is 11.1 Å². The van der Waals surface area contributed by atoms with E-state index in [9.17, 15) is 18.4 Å². The summed E-state index contributed by atoms with van der Waals surface area (Å²) in [7, 11) is 3.00. The molecule has 8 heteroatoms. The van der Waals surface area contributed by atoms with Gasteiger partial charge >= 0.3 is 6.03 Å². The average molecular weight is 387 g/mol. The molecule has 0 saturated carbocycles. The molecule has 0 aliphatic carbocycles. The molecule has 1 aliphatic rings. The third-order valence-electron chi connectivity index (χ3n) is 4.63. The number of allylic oxidation sites excluding steroid dienone is 1. The Morgan fingerprint density at radius 1 is 1.18 bits per heavy atom. The predicted octanol–water partition coefficient (Wildman–Crippen LogP) is 3.58. The van der Waals surface area contributed by atoms with Crippen molar-refractivity contribution in [2.24, 2.45) is 0 Å². The Kier molecular flexibility index (Phi) is 5.30. The minimum absolute atomic E-state index is 0.207. The number of nitrogens with one attached hydrogen (secondary N) is 2. The highest BCUT2D eigenvalue weighted by molar-refractivity contribution is 6.07. The van der Waals surface area contributed by atoms with Gasteiger partial charge in [-0.2, -0.15) is 0 Å². The summed E-state index contributed by atoms with van der Waals surface area (Å²) in [6, 6.07) is 8.73. The van der Waals surface area contributed by atoms with Crippen LogP contribution in [0.1, 0.15) is 18.5 Å². The molecule has 0 spiro atoms. The van der Waals surface area contributed by atoms with Crippen molar-refractivity contribution in [2.45, 2.75) is 13.0 Å². The van der Waals surface area contributed by atoms with Gasteiger partial charge in [-0.3, -0.25) is 4.79 Å². The number of methoxy groups -OCH3 is 1. The molecule has 6 nitrogen and oxygen atoms in total. The van der Waals surface area contributed by atoms with Gasteiger partial charge in [-0.1, -0.05) is 18.2 Å². The molecule has 1 atom stereocenters. The molecule has 2 aromatic carbocycles. The predicted molar refractivity (Wildman–Crippen MR) is 99.7 cm³/mol. The van der Waals surface area contributed by atoms with Gasteiger partial charge in [-0.15, -0.1) is 0 Å². The third-order valence-corrected chi connectivity index (χ3v) is 4.63. The lowest BCUT2D eigenvalue weighted by Crippen LogP contribution is -2.46. The summed E-state index contributed by atoms with van der Waals surface area (Å²) in [6.45, 7) is 1.61. The van der Waals surface area contributed by atoms with E-state index in [1.807, 2.05) is 0 Å². The van der Waals surface area contributed by atoms with Crippen LogP contribution in [0.4, 0.5) is 19.3 Å². The fourth-order valence-corrected chi connectivity index (χ4v) is 3.01. The summed E-state index contributed by atoms with van der Waals surface area (Å²) in [5.41, 5.74) is 1.30. The van der Waals surface area contributed by atoms with Crippen LogP contribution >= 0.6 is 0 Å². The first-order valence-corrected chi connectivity index (χ1v) is 8.47. The molecule has 0 radical (unpaired) electrons. The monoisotopic (exact) mass is 387 g/mol. The smallest absolute Gasteiger partial charge is 0.322 e. The van der Waals surface area contributed by atoms with Gasteiger partial charge in [-0.25, -0.2) is 13.6 Å². The Bertz CT molecular complexity index is 975. The number of hydrogen-bond acceptors (Lipinski definition) is 3. The van der Waals surface area contributed by atoms with Gasteiger partial charge in [0.1, 0.15) is 5.75 Å². The lowest BCUT2D eigenvalue weighted by atomic mass is 9.94. The van der Waals surface area contributed by atoms with Gasteiger partial charge in [0.25, 0.3) is 5.91 Å². The van der Waals surface area contributed by atoms with Crippen LogP contribution in [0, 0.1) is 11.6 Å². The SMILES string of the molecule is COc1ccccc1NC(=O)C1=C(C)N(C)C(=O)N[C@@H]1c1ccc(F)c(F)c1. The summed E-state index contributed by atoms with van der Waals surface area (Å²) in [5.74, 6) is -2.10. The molecule has 1 heterocycles. The number of carbonyl (C=O) groups excluding carboxylic acids is 2. The molecule has 28 heavy (non-hydrogen) atoms. The van der Waals surface area contributed by atoms with E-state index in [1.54, 1.807) is 31.2 Å². The van der Waals surface area contributed by atoms with Crippen LogP contribution in [-0.2, 0) is 4.79 Å². The zero-order chi connectivity index (χ0) is 20.4. The molecule has 0 aromatic heterocycles. The Morgan fingerprint density at radius 2 is 1.89 bits per heavy atom. The number of hydrogen-bond donors (Lipinski definition) is 2. The van der Waals surface area contributed by atoms with E-state index in [2.05, 4.69) is 10.6 Å². The quantitative estimate of drug-likeness (QED) is 0.842. The van der Waals surface area contributed by atoms with Crippen molar-refractivity contribution in [1.29, 1.82) is 0 Å². The average Bonchev–Trinajstić information content (AvgIpc) is 2.68. The molecule has 2 aromatic rings. The molecule has 3 rings (SSSR count). The van der Waals surface area contributed by atoms with Gasteiger partial charge in [0.15, 0.2) is 11.6 Å². The Balaban J connectivity index is 2.03. The first-order chi connectivity index (χ1) is 13.3. The largest absolute Gasteiger partial charge is 0.495 e. The van der Waals surface area contributed by atoms with E-state index in [4.69, 9.17) is 4.74 Å². The molecule has 0 unspecified atom stereocenters. The van der Waals surface area contributed by atoms with Crippen LogP contribution in [0.25, 0.3) is 0 Å². The highest BCUT2D eigenvalue weighted by Gasteiger charge is 2.34. The van der Waals surface area contributed by atoms with Crippen molar-refractivity contribution in [3.05, 3.63) is 70.9 Å². The van der Waals surface area contributed by atoms with E-state index >= 15 is 0 Å². The van der Waals surface area contributed by atoms with E-state index in [0.29, 0.717) is 17.1 Å². The number of halogens is 2. The summed E-state index contributed by atoms with van der Waals surface area (Å²) >= 11 is 0. The van der Waals surface area contributed by atoms with E-state index in [1.165, 1.54) is 25.1 Å². The van der Waals surface area contributed by atoms with Crippen LogP contribution < -0.4 is 15.4 Å². The van der Waals surface area contributed by atoms with Crippen LogP contribution in [0.2, 0.25) is 0 Å². The maximum atomic E-state index is 13.7. The lowest BCUT2D eigenvalue weighted by molar-refractivity contribution is -0.113. The summed E-state index contributed by atoms with van der Waals surface area (Å²) in [5, 5.41) is 5.41. The molecule has 0 bridgehead atoms. The van der Waals surface area contributed by atoms with Crippen molar-refractivity contribution in [1.82, 2.24) is 10.2 Å². The van der Waals surface area contributed by atoms with Crippen molar-refractivity contribution in [3.8, 4) is 5.75 Å². The normalized spacial score (nSPS) is 16.7. The number of urea groups is 1. The number of carbonyl (C=O) groups is 2. The highest BCUT2D eigenvalue weighted by Crippen LogP contribution is 2.32. The van der Waals surface area contributed by atoms with Gasteiger partial charge in [0.2, 0.25) is 0 Å². The second-order valence-electron chi connectivity index (χ2n) is 6.27. The summed E-state index contributed by atoms with van der Waals surface area (Å²) in [4.78, 5) is 26.6. The topological polar surface area (TPSA) is 70.7 Å². The molecule has 1 aliphatic heterocycles. The van der Waals surface area contributed by atoms with Crippen molar-refractivity contribution in [3.63, 3.8) is 0 Å². The Hall–Kier alpha value is -3.42. The Labute approximate surface area is 160 Å². The maximum Gasteiger partial charge on any atom is 0.322 e. The maximum absolute atomic E-state index is 13.7. The number of nitrogens with zero attached hydrogens (tertiary/aromatic N) is 1. The van der Waals surface area contributed by atoms with Gasteiger partial charge < -0.3 is 20.3 Å². The zero-order valence-corrected chi connectivity index (χ0v) is 15.5. The second-order valence-corrected chi connectivity index (χ2v) is 6.27. The third kappa shape index (κ3) is 3.53. The fraction of sp³-hybridized carbons (Fsp3) is 0.200. The molecule has 0 saturated heterocycles. The van der Waals surface area contributed by atoms with Gasteiger partial charge in [-0.05, 0) is 36.8 Å². The molecular formula is C20H19F2N3O3. The van der Waals surface area contributed by atoms with Crippen LogP contribution in [0.5, 0.6) is 5.75 Å². The van der Waals surface area contributed by atoms with E-state index in [0.717, 1.165) is 12.1 Å². The zero-order valence-electron chi connectivity index (χ0n) is 15.5. The van der Waals surface area contributed by atoms with E-state index < -0.39 is 29.6 Å². The molecule has 0 fully saturated rings. The van der Waals surface area contributed by atoms with Gasteiger partial charge in [0, 0.05) is 12.7 Å². The highest BCUT2D eigenvalue weighted by atomic mass is 19.2. The minimum Gasteiger partial charge on any atom is -0.495 e. The number of amides is 3. The number of para-hydroxylation sites is 2. The molecular weight excluding hydrogens is 368 g/mol. The molecule has 3 amide bonds. The summed E-state index contributed by atoms with van der Waals surface area (Å²) < 4.78 is 32.3. The number of ether oxygens (including phenoxy) is 1. The minimum atomic E-state index is -1.06. The standard InChI is InChI=1S/C20H19F2N3O3/c1-11-17(19(26)23-15-6-4-5-7-16(15)28-3)18(24-20(27)25(11)2)12-8-9-13(21)14(22)10-12/h4-10,18H,1-3H3,(H,23,26)(H,24,27)/t18-/m1/s1. The van der Waals surface area contributed by atoms with Crippen molar-refractivity contribution >= 4 is 17.6 Å². The number of anilines is 1. The second kappa shape index (κ2) is 7.67. The van der Waals surface area contributed by atoms with Crippen LogP contribution in [0.15, 0.2) is 53.7 Å². The van der Waals surface area contributed by atoms with Gasteiger partial charge in [0.05, 0.1) is 24.4 Å². The first kappa shape index (κ1) is 19.3. The van der Waals surface area contributed by atoms with Crippen LogP contribution in [0.3, 0.4) is 0 Å². The number of rotatable bonds is 4. The Morgan fingerprint density at radius 3 is 2.57 bits per heavy atom. The molecule has 146 valence electrons. The van der Waals surface area contributed by atoms with Crippen LogP contribution in [-0.4, -0.2) is 31.0 Å². The lowest BCUT2D eigenvalue weighted by Gasteiger charge is -2.33.